The Kier molecular flexibility index (Phi) is 157. The number of rotatable bonds is 0. The van der Waals surface area contributed by atoms with Gasteiger partial charge in [-0.3, -0.25) is 30.0 Å². The van der Waals surface area contributed by atoms with Crippen molar-refractivity contribution in [3.05, 3.63) is 387 Å². The number of para-hydroxylation sites is 10. The maximum absolute atomic E-state index is 5.12. The predicted octanol–water partition coefficient (Wildman–Crippen LogP) is 36.0. The zero-order chi connectivity index (χ0) is 113. The molecule has 3 aliphatic rings. The minimum atomic E-state index is 0.360. The number of hydrogen-bond donors (Lipinski definition) is 4. The standard InChI is InChI=1S/C8H6N2.C8H6O.C7H6N2.2C7H5NO.C7H6O2.C5H5N.C5H10O.2C4H4N2.C4H5N.C4H8O.C4H4O.C3H4N2.2C3H3NO.C2H3N3.17C2H6/c1-2-4-8-7(3-1)9-5-6-10-8;1-2-4-8-7(3-1)5-6-9-8;2*1-2-4-7-6(3-1)8-5-9-7;1-2-4-7-6(3-1)5-8-9-7;1-2-4-7-6(3-1)8-5-9-7;2*1-2-4-6-5-3-1;1-2-6-4-3-5-1;1-2-4-6-5-3-1;3*1-2-4-5-3-1;2*1-2-5-3-4-1;1-2-4-5-3-1;1-3-2-5-4-1;17*1-2/h1-6H;1-6H;1-5H,(H,8,9);2*1-5H;1-4H,5H2;1-5H;1-5H2;2*1-4H;1-5H;1-4H2;1-4H;1-3H,(H,4,5);2*1-3H;1-2H,(H,3,4,5);17*1-2H3. The Morgan fingerprint density at radius 1 is 0.264 bits per heavy atom. The number of fused-ring (bicyclic) bond motifs is 6. The minimum absolute atomic E-state index is 0.360. The Hall–Kier alpha value is -15.2. The second kappa shape index (κ2) is 150. The summed E-state index contributed by atoms with van der Waals surface area (Å²) in [6.07, 6.45) is 52.4. The number of H-pyrrole nitrogens is 4. The van der Waals surface area contributed by atoms with E-state index in [0.29, 0.717) is 6.79 Å². The minimum Gasteiger partial charge on any atom is -0.473 e. The van der Waals surface area contributed by atoms with Crippen LogP contribution in [0, 0.1) is 0 Å². The molecule has 0 spiro atoms. The van der Waals surface area contributed by atoms with Crippen LogP contribution in [-0.2, 0) is 9.47 Å². The Labute approximate surface area is 890 Å². The van der Waals surface area contributed by atoms with Crippen LogP contribution in [0.1, 0.15) is 268 Å². The lowest BCUT2D eigenvalue weighted by Gasteiger charge is -2.08. The second-order valence-electron chi connectivity index (χ2n) is 21.7. The first-order valence-electron chi connectivity index (χ1n) is 52.5. The molecule has 148 heavy (non-hydrogen) atoms. The summed E-state index contributed by atoms with van der Waals surface area (Å²) < 4.78 is 48.5. The molecule has 23 rings (SSSR count). The summed E-state index contributed by atoms with van der Waals surface area (Å²) >= 11 is 0. The summed E-state index contributed by atoms with van der Waals surface area (Å²) in [7, 11) is 0. The van der Waals surface area contributed by atoms with Gasteiger partial charge in [0, 0.05) is 124 Å². The van der Waals surface area contributed by atoms with Crippen LogP contribution in [0.4, 0.5) is 0 Å². The fourth-order valence-corrected chi connectivity index (χ4v) is 8.41. The molecule has 0 saturated carbocycles. The average molecular weight is 2050 g/mol. The summed E-state index contributed by atoms with van der Waals surface area (Å²) in [5.41, 5.74) is 7.58. The van der Waals surface area contributed by atoms with Crippen LogP contribution in [0.25, 0.3) is 55.1 Å². The summed E-state index contributed by atoms with van der Waals surface area (Å²) in [6.45, 7) is 72.4. The molecular weight excluding hydrogens is 1860 g/mol. The number of nitrogens with one attached hydrogen (secondary N) is 4. The van der Waals surface area contributed by atoms with Crippen molar-refractivity contribution in [3.63, 3.8) is 0 Å². The smallest absolute Gasteiger partial charge is 0.231 e. The van der Waals surface area contributed by atoms with Gasteiger partial charge in [-0.25, -0.2) is 24.9 Å². The number of oxazole rings is 2. The van der Waals surface area contributed by atoms with Crippen molar-refractivity contribution in [2.75, 3.05) is 33.2 Å². The van der Waals surface area contributed by atoms with Gasteiger partial charge in [-0.15, -0.1) is 0 Å². The van der Waals surface area contributed by atoms with E-state index in [1.54, 1.807) is 130 Å². The van der Waals surface area contributed by atoms with E-state index in [1.165, 1.54) is 70.1 Å². The predicted molar refractivity (Wildman–Crippen MR) is 626 cm³/mol. The molecule has 0 aliphatic carbocycles. The van der Waals surface area contributed by atoms with Gasteiger partial charge in [-0.05, 0) is 159 Å². The van der Waals surface area contributed by atoms with Gasteiger partial charge in [0.1, 0.15) is 36.3 Å². The van der Waals surface area contributed by atoms with Gasteiger partial charge in [0.25, 0.3) is 0 Å². The Balaban J connectivity index is -0.000000148. The maximum atomic E-state index is 5.12. The van der Waals surface area contributed by atoms with E-state index in [9.17, 15) is 0 Å². The van der Waals surface area contributed by atoms with E-state index in [0.717, 1.165) is 93.0 Å². The lowest BCUT2D eigenvalue weighted by Crippen LogP contribution is -2.03. The molecular formula is C119H189N19O10. The first-order chi connectivity index (χ1) is 73.8. The molecule has 14 aromatic heterocycles. The third-order valence-electron chi connectivity index (χ3n) is 13.6. The molecule has 6 aromatic carbocycles. The van der Waals surface area contributed by atoms with Crippen LogP contribution in [0.2, 0.25) is 0 Å². The molecule has 0 bridgehead atoms. The molecule has 0 amide bonds. The second-order valence-corrected chi connectivity index (χ2v) is 21.7. The molecule has 0 radical (unpaired) electrons. The highest BCUT2D eigenvalue weighted by Crippen LogP contribution is 2.30. The zero-order valence-corrected chi connectivity index (χ0v) is 96.2. The largest absolute Gasteiger partial charge is 0.473 e. The van der Waals surface area contributed by atoms with Crippen molar-refractivity contribution in [2.24, 2.45) is 0 Å². The lowest BCUT2D eigenvalue weighted by molar-refractivity contribution is 0.0968. The van der Waals surface area contributed by atoms with Crippen molar-refractivity contribution in [2.45, 2.75) is 268 Å². The van der Waals surface area contributed by atoms with Gasteiger partial charge in [0.15, 0.2) is 35.5 Å². The quantitative estimate of drug-likeness (QED) is 0.110. The summed E-state index contributed by atoms with van der Waals surface area (Å²) in [5, 5.41) is 22.2. The third kappa shape index (κ3) is 102. The lowest BCUT2D eigenvalue weighted by atomic mass is 10.2. The number of benzene rings is 6. The van der Waals surface area contributed by atoms with Crippen LogP contribution in [-0.4, -0.2) is 129 Å². The van der Waals surface area contributed by atoms with E-state index in [4.69, 9.17) is 32.3 Å². The first kappa shape index (κ1) is 155. The van der Waals surface area contributed by atoms with E-state index in [2.05, 4.69) is 109 Å². The van der Waals surface area contributed by atoms with E-state index in [1.807, 2.05) is 454 Å². The normalized spacial score (nSPS) is 9.07. The molecule has 17 heterocycles. The van der Waals surface area contributed by atoms with Gasteiger partial charge in [0.2, 0.25) is 6.79 Å². The molecule has 29 heteroatoms. The molecule has 4 N–H and O–H groups in total. The van der Waals surface area contributed by atoms with Crippen LogP contribution >= 0.6 is 0 Å². The van der Waals surface area contributed by atoms with Crippen LogP contribution < -0.4 is 9.47 Å². The molecule has 2 saturated heterocycles. The summed E-state index contributed by atoms with van der Waals surface area (Å²) in [5.74, 6) is 1.69. The molecule has 2 fully saturated rings. The van der Waals surface area contributed by atoms with Crippen molar-refractivity contribution < 1.29 is 45.7 Å². The number of aromatic nitrogens is 19. The number of pyridine rings is 1. The van der Waals surface area contributed by atoms with Crippen molar-refractivity contribution in [3.8, 4) is 11.5 Å². The molecule has 0 unspecified atom stereocenters. The van der Waals surface area contributed by atoms with Crippen LogP contribution in [0.5, 0.6) is 11.5 Å². The highest BCUT2D eigenvalue weighted by molar-refractivity contribution is 5.77. The van der Waals surface area contributed by atoms with Crippen LogP contribution in [0.3, 0.4) is 0 Å². The highest BCUT2D eigenvalue weighted by atomic mass is 16.7. The zero-order valence-electron chi connectivity index (χ0n) is 96.2. The molecule has 820 valence electrons. The highest BCUT2D eigenvalue weighted by Gasteiger charge is 2.09. The van der Waals surface area contributed by atoms with Gasteiger partial charge in [-0.1, -0.05) is 331 Å². The number of hydrogen-bond acceptors (Lipinski definition) is 25. The van der Waals surface area contributed by atoms with Crippen molar-refractivity contribution >= 4 is 55.1 Å². The van der Waals surface area contributed by atoms with E-state index in [-0.39, 0.29) is 0 Å². The fraction of sp³-hybridized carbons (Fsp3) is 0.370. The van der Waals surface area contributed by atoms with Crippen LogP contribution in [0.15, 0.2) is 414 Å². The number of aromatic amines is 4. The maximum Gasteiger partial charge on any atom is 0.231 e. The average Bonchev–Trinajstić information content (AvgIpc) is 1.64. The molecule has 20 aromatic rings. The van der Waals surface area contributed by atoms with E-state index >= 15 is 0 Å². The number of imidazole rings is 2. The fourth-order valence-electron chi connectivity index (χ4n) is 8.41. The monoisotopic (exact) mass is 2040 g/mol. The Morgan fingerprint density at radius 3 is 1.05 bits per heavy atom. The van der Waals surface area contributed by atoms with Crippen molar-refractivity contribution in [1.29, 1.82) is 0 Å². The molecule has 29 nitrogen and oxygen atoms in total. The van der Waals surface area contributed by atoms with E-state index < -0.39 is 0 Å². The van der Waals surface area contributed by atoms with Gasteiger partial charge in [0.05, 0.1) is 72.1 Å². The topological polar surface area (TPSA) is 372 Å². The number of furan rings is 2. The molecule has 0 atom stereocenters. The summed E-state index contributed by atoms with van der Waals surface area (Å²) in [6, 6.07) is 67.3. The van der Waals surface area contributed by atoms with Gasteiger partial charge >= 0.3 is 0 Å². The Bertz CT molecular complexity index is 4300. The van der Waals surface area contributed by atoms with Gasteiger partial charge < -0.3 is 60.6 Å². The molecule has 3 aliphatic heterocycles. The third-order valence-corrected chi connectivity index (χ3v) is 13.6. The first-order valence-corrected chi connectivity index (χ1v) is 52.5. The Morgan fingerprint density at radius 2 is 0.730 bits per heavy atom. The van der Waals surface area contributed by atoms with Gasteiger partial charge in [-0.2, -0.15) is 15.3 Å². The number of nitrogens with zero attached hydrogens (tertiary/aromatic N) is 15. The summed E-state index contributed by atoms with van der Waals surface area (Å²) in [4.78, 5) is 46.9. The SMILES string of the molecule is C1CCOC1.C1CCOCC1.CC.CC.CC.CC.CC.CC.CC.CC.CC.CC.CC.CC.CC.CC.CC.CC.CC.c1c[nH]cn1.c1cc[nH]c1.c1ccc2[nH]cnc2c1.c1ccc2c(c1)OCO2.c1ccc2nccnc2c1.c1ccc2occc2c1.c1ccc2ocnc2c1.c1ccc2oncc2c1.c1ccncc1.c1ccnnc1.c1ccoc1.c1cnccn1.c1cnoc1.c1cocn1.c1nc[nH]n1. The number of ether oxygens (including phenoxy) is 4. The van der Waals surface area contributed by atoms with Crippen molar-refractivity contribution in [1.82, 2.24) is 95.5 Å².